The summed E-state index contributed by atoms with van der Waals surface area (Å²) in [4.78, 5) is 21.8. The largest absolute Gasteiger partial charge is 0.271 e. The van der Waals surface area contributed by atoms with Crippen molar-refractivity contribution >= 4 is 29.4 Å². The predicted molar refractivity (Wildman–Crippen MR) is 79.6 cm³/mol. The monoisotopic (exact) mass is 303 g/mol. The molecule has 0 aliphatic carbocycles. The molecule has 0 radical (unpaired) electrons. The van der Waals surface area contributed by atoms with Gasteiger partial charge in [-0.2, -0.15) is 5.10 Å². The van der Waals surface area contributed by atoms with Gasteiger partial charge in [-0.05, 0) is 35.9 Å². The minimum absolute atomic E-state index is 0.00452. The van der Waals surface area contributed by atoms with E-state index in [1.807, 2.05) is 0 Å². The molecule has 0 saturated heterocycles. The maximum absolute atomic E-state index is 11.8. The molecular weight excluding hydrogens is 294 g/mol. The van der Waals surface area contributed by atoms with E-state index >= 15 is 0 Å². The van der Waals surface area contributed by atoms with E-state index in [1.165, 1.54) is 36.5 Å². The van der Waals surface area contributed by atoms with Crippen LogP contribution in [0.5, 0.6) is 0 Å². The predicted octanol–water partition coefficient (Wildman–Crippen LogP) is 3.01. The molecule has 0 aliphatic heterocycles. The van der Waals surface area contributed by atoms with Gasteiger partial charge in [-0.25, -0.2) is 5.43 Å². The standard InChI is InChI=1S/C14H10ClN3O3/c15-12-3-1-2-11(8-12)14(19)17-16-9-10-4-6-13(7-5-10)18(20)21/h1-9H,(H,17,19)/b16-9-. The Balaban J connectivity index is 1.99. The molecule has 0 saturated carbocycles. The normalized spacial score (nSPS) is 10.5. The van der Waals surface area contributed by atoms with Gasteiger partial charge in [0.2, 0.25) is 0 Å². The number of carbonyl (C=O) groups is 1. The number of hydrogen-bond donors (Lipinski definition) is 1. The molecule has 0 heterocycles. The Morgan fingerprint density at radius 1 is 1.24 bits per heavy atom. The van der Waals surface area contributed by atoms with Gasteiger partial charge >= 0.3 is 0 Å². The molecule has 2 rings (SSSR count). The third-order valence-electron chi connectivity index (χ3n) is 2.57. The summed E-state index contributed by atoms with van der Waals surface area (Å²) >= 11 is 5.79. The summed E-state index contributed by atoms with van der Waals surface area (Å²) in [7, 11) is 0. The van der Waals surface area contributed by atoms with Crippen LogP contribution in [0.15, 0.2) is 53.6 Å². The highest BCUT2D eigenvalue weighted by molar-refractivity contribution is 6.30. The number of nitro groups is 1. The van der Waals surface area contributed by atoms with Crippen LogP contribution in [0.1, 0.15) is 15.9 Å². The average Bonchev–Trinajstić information content (AvgIpc) is 2.47. The van der Waals surface area contributed by atoms with Crippen LogP contribution in [0.25, 0.3) is 0 Å². The maximum atomic E-state index is 11.8. The number of hydrazone groups is 1. The molecule has 21 heavy (non-hydrogen) atoms. The van der Waals surface area contributed by atoms with Crippen LogP contribution in [0.4, 0.5) is 5.69 Å². The lowest BCUT2D eigenvalue weighted by atomic mass is 10.2. The van der Waals surface area contributed by atoms with Crippen molar-refractivity contribution < 1.29 is 9.72 Å². The highest BCUT2D eigenvalue weighted by Crippen LogP contribution is 2.11. The molecule has 106 valence electrons. The topological polar surface area (TPSA) is 84.6 Å². The van der Waals surface area contributed by atoms with Crippen molar-refractivity contribution in [1.82, 2.24) is 5.43 Å². The van der Waals surface area contributed by atoms with Crippen LogP contribution in [0, 0.1) is 10.1 Å². The summed E-state index contributed by atoms with van der Waals surface area (Å²) < 4.78 is 0. The third kappa shape index (κ3) is 4.12. The highest BCUT2D eigenvalue weighted by atomic mass is 35.5. The van der Waals surface area contributed by atoms with Crippen molar-refractivity contribution in [2.45, 2.75) is 0 Å². The number of carbonyl (C=O) groups excluding carboxylic acids is 1. The smallest absolute Gasteiger partial charge is 0.267 e. The van der Waals surface area contributed by atoms with E-state index in [4.69, 9.17) is 11.6 Å². The Bertz CT molecular complexity index is 699. The number of amides is 1. The molecule has 0 aliphatic rings. The Kier molecular flexibility index (Phi) is 4.63. The Hall–Kier alpha value is -2.73. The molecule has 0 spiro atoms. The van der Waals surface area contributed by atoms with Gasteiger partial charge in [-0.3, -0.25) is 14.9 Å². The lowest BCUT2D eigenvalue weighted by Crippen LogP contribution is -2.17. The van der Waals surface area contributed by atoms with E-state index in [9.17, 15) is 14.9 Å². The highest BCUT2D eigenvalue weighted by Gasteiger charge is 2.04. The summed E-state index contributed by atoms with van der Waals surface area (Å²) in [6.07, 6.45) is 1.40. The molecule has 1 N–H and O–H groups in total. The van der Waals surface area contributed by atoms with Crippen molar-refractivity contribution in [2.75, 3.05) is 0 Å². The second-order valence-electron chi connectivity index (χ2n) is 4.06. The number of nitro benzene ring substituents is 1. The lowest BCUT2D eigenvalue weighted by Gasteiger charge is -2.00. The molecular formula is C14H10ClN3O3. The Morgan fingerprint density at radius 2 is 1.95 bits per heavy atom. The molecule has 2 aromatic rings. The van der Waals surface area contributed by atoms with Gasteiger partial charge in [0.15, 0.2) is 0 Å². The summed E-state index contributed by atoms with van der Waals surface area (Å²) in [5.41, 5.74) is 3.37. The van der Waals surface area contributed by atoms with Crippen LogP contribution in [0.3, 0.4) is 0 Å². The van der Waals surface area contributed by atoms with E-state index in [2.05, 4.69) is 10.5 Å². The van der Waals surface area contributed by atoms with Crippen molar-refractivity contribution in [1.29, 1.82) is 0 Å². The van der Waals surface area contributed by atoms with E-state index in [0.717, 1.165) is 0 Å². The quantitative estimate of drug-likeness (QED) is 0.535. The molecule has 0 aromatic heterocycles. The summed E-state index contributed by atoms with van der Waals surface area (Å²) in [6.45, 7) is 0. The van der Waals surface area contributed by atoms with E-state index in [0.29, 0.717) is 16.1 Å². The van der Waals surface area contributed by atoms with Gasteiger partial charge in [0.05, 0.1) is 11.1 Å². The molecule has 2 aromatic carbocycles. The summed E-state index contributed by atoms with van der Waals surface area (Å²) in [5.74, 6) is -0.393. The first-order valence-electron chi connectivity index (χ1n) is 5.90. The van der Waals surface area contributed by atoms with Crippen molar-refractivity contribution in [3.63, 3.8) is 0 Å². The van der Waals surface area contributed by atoms with Crippen molar-refractivity contribution in [2.24, 2.45) is 5.10 Å². The van der Waals surface area contributed by atoms with Gasteiger partial charge in [-0.1, -0.05) is 17.7 Å². The Morgan fingerprint density at radius 3 is 2.57 bits per heavy atom. The van der Waals surface area contributed by atoms with Crippen molar-refractivity contribution in [3.8, 4) is 0 Å². The lowest BCUT2D eigenvalue weighted by molar-refractivity contribution is -0.384. The number of nitrogens with zero attached hydrogens (tertiary/aromatic N) is 2. The molecule has 1 amide bonds. The molecule has 0 atom stereocenters. The number of benzene rings is 2. The van der Waals surface area contributed by atoms with Crippen molar-refractivity contribution in [3.05, 3.63) is 74.8 Å². The van der Waals surface area contributed by atoms with Crippen LogP contribution >= 0.6 is 11.6 Å². The second-order valence-corrected chi connectivity index (χ2v) is 4.49. The first kappa shape index (κ1) is 14.7. The van der Waals surface area contributed by atoms with E-state index < -0.39 is 10.8 Å². The zero-order chi connectivity index (χ0) is 15.2. The van der Waals surface area contributed by atoms with E-state index in [1.54, 1.807) is 18.2 Å². The van der Waals surface area contributed by atoms with E-state index in [-0.39, 0.29) is 5.69 Å². The van der Waals surface area contributed by atoms with Crippen LogP contribution < -0.4 is 5.43 Å². The number of hydrogen-bond acceptors (Lipinski definition) is 4. The third-order valence-corrected chi connectivity index (χ3v) is 2.81. The fourth-order valence-electron chi connectivity index (χ4n) is 1.54. The molecule has 7 heteroatoms. The fraction of sp³-hybridized carbons (Fsp3) is 0. The summed E-state index contributed by atoms with van der Waals surface area (Å²) in [5, 5.41) is 14.7. The molecule has 6 nitrogen and oxygen atoms in total. The molecule has 0 bridgehead atoms. The number of nitrogens with one attached hydrogen (secondary N) is 1. The second kappa shape index (κ2) is 6.62. The van der Waals surface area contributed by atoms with Gasteiger partial charge in [0.1, 0.15) is 0 Å². The zero-order valence-electron chi connectivity index (χ0n) is 10.7. The maximum Gasteiger partial charge on any atom is 0.271 e. The number of non-ortho nitro benzene ring substituents is 1. The van der Waals surface area contributed by atoms with Gasteiger partial charge < -0.3 is 0 Å². The van der Waals surface area contributed by atoms with Crippen LogP contribution in [0.2, 0.25) is 5.02 Å². The zero-order valence-corrected chi connectivity index (χ0v) is 11.4. The van der Waals surface area contributed by atoms with Crippen LogP contribution in [-0.2, 0) is 0 Å². The van der Waals surface area contributed by atoms with Gasteiger partial charge in [-0.15, -0.1) is 0 Å². The Labute approximate surface area is 125 Å². The summed E-state index contributed by atoms with van der Waals surface area (Å²) in [6, 6.07) is 12.3. The molecule has 0 fully saturated rings. The van der Waals surface area contributed by atoms with Gasteiger partial charge in [0.25, 0.3) is 11.6 Å². The minimum Gasteiger partial charge on any atom is -0.267 e. The SMILES string of the molecule is O=C(N/N=C\c1ccc([N+](=O)[O-])cc1)c1cccc(Cl)c1. The first-order valence-corrected chi connectivity index (χ1v) is 6.27. The molecule has 0 unspecified atom stereocenters. The van der Waals surface area contributed by atoms with Gasteiger partial charge in [0, 0.05) is 22.7 Å². The number of halogens is 1. The van der Waals surface area contributed by atoms with Crippen LogP contribution in [-0.4, -0.2) is 17.0 Å². The fourth-order valence-corrected chi connectivity index (χ4v) is 1.73. The number of rotatable bonds is 4. The average molecular weight is 304 g/mol. The first-order chi connectivity index (χ1) is 10.1. The minimum atomic E-state index is -0.484.